The van der Waals surface area contributed by atoms with Crippen molar-refractivity contribution in [3.8, 4) is 5.75 Å². The van der Waals surface area contributed by atoms with Crippen LogP contribution in [-0.2, 0) is 11.3 Å². The molecule has 8 rings (SSSR count). The van der Waals surface area contributed by atoms with Crippen LogP contribution in [0.4, 0.5) is 21.4 Å². The molecule has 2 saturated heterocycles. The van der Waals surface area contributed by atoms with E-state index < -0.39 is 42.3 Å². The van der Waals surface area contributed by atoms with Crippen molar-refractivity contribution in [2.24, 2.45) is 0 Å². The van der Waals surface area contributed by atoms with Crippen molar-refractivity contribution in [3.05, 3.63) is 108 Å². The zero-order valence-corrected chi connectivity index (χ0v) is 30.7. The van der Waals surface area contributed by atoms with Crippen LogP contribution >= 0.6 is 0 Å². The maximum Gasteiger partial charge on any atom is 0.325 e. The van der Waals surface area contributed by atoms with Gasteiger partial charge in [-0.25, -0.2) is 14.6 Å². The van der Waals surface area contributed by atoms with Gasteiger partial charge in [-0.3, -0.25) is 9.69 Å². The number of aromatic hydroxyl groups is 1. The average Bonchev–Trinajstić information content (AvgIpc) is 3.97. The molecule has 7 N–H and O–H groups in total. The highest BCUT2D eigenvalue weighted by Gasteiger charge is 2.51. The standard InChI is InChI=1S/C40H44N10O6/c1-23-37(54)50(40(56)44-23)31-18-30(33(52)34(31)53)49-22-43-32-35(41-20-29(25-10-4-2-5-11-25)26-12-6-3-7-13-26)46-38(47-36(32)49)48-16-15-27(21-48)45-39(55)42-19-24-9-8-14-28(51)17-24/h2-14,17,22-23,27,29-31,33-34,51-53H,15-16,18-21H2,1H3,(H,44,56)(H,41,46,47)(H2,42,45,55)/t23-,27+,30+,31-,33-,34+/m0/s1. The number of carbonyl (C=O) groups excluding carboxylic acids is 3. The summed E-state index contributed by atoms with van der Waals surface area (Å²) in [6.07, 6.45) is -0.463. The quantitative estimate of drug-likeness (QED) is 0.0974. The van der Waals surface area contributed by atoms with Crippen molar-refractivity contribution in [1.29, 1.82) is 0 Å². The highest BCUT2D eigenvalue weighted by Crippen LogP contribution is 2.38. The molecule has 5 aromatic rings. The number of aliphatic hydroxyl groups is 2. The van der Waals surface area contributed by atoms with Gasteiger partial charge in [-0.1, -0.05) is 72.8 Å². The Morgan fingerprint density at radius 3 is 2.34 bits per heavy atom. The normalized spacial score (nSPS) is 23.6. The highest BCUT2D eigenvalue weighted by atomic mass is 16.3. The number of nitrogens with one attached hydrogen (secondary N) is 4. The second-order valence-electron chi connectivity index (χ2n) is 14.6. The minimum absolute atomic E-state index is 0.0363. The zero-order chi connectivity index (χ0) is 38.9. The van der Waals surface area contributed by atoms with Crippen LogP contribution in [0.5, 0.6) is 5.75 Å². The first-order chi connectivity index (χ1) is 27.1. The first kappa shape index (κ1) is 36.7. The van der Waals surface area contributed by atoms with Gasteiger partial charge < -0.3 is 46.1 Å². The Kier molecular flexibility index (Phi) is 10.1. The Morgan fingerprint density at radius 2 is 1.66 bits per heavy atom. The molecule has 1 aliphatic carbocycles. The number of imide groups is 1. The number of carbonyl (C=O) groups is 3. The molecule has 3 aliphatic rings. The number of nitrogens with zero attached hydrogens (tertiary/aromatic N) is 6. The fourth-order valence-electron chi connectivity index (χ4n) is 8.01. The van der Waals surface area contributed by atoms with Gasteiger partial charge in [0.15, 0.2) is 17.0 Å². The molecule has 290 valence electrons. The fourth-order valence-corrected chi connectivity index (χ4v) is 8.01. The first-order valence-corrected chi connectivity index (χ1v) is 18.8. The number of amides is 5. The van der Waals surface area contributed by atoms with Crippen molar-refractivity contribution in [2.75, 3.05) is 29.9 Å². The molecule has 0 spiro atoms. The monoisotopic (exact) mass is 760 g/mol. The highest BCUT2D eigenvalue weighted by molar-refractivity contribution is 6.04. The van der Waals surface area contributed by atoms with Crippen LogP contribution in [0.15, 0.2) is 91.3 Å². The minimum atomic E-state index is -1.39. The van der Waals surface area contributed by atoms with E-state index in [0.717, 1.165) is 21.6 Å². The van der Waals surface area contributed by atoms with Crippen molar-refractivity contribution in [2.45, 2.75) is 68.6 Å². The second-order valence-corrected chi connectivity index (χ2v) is 14.6. The number of hydrogen-bond acceptors (Lipinski definition) is 11. The van der Waals surface area contributed by atoms with Gasteiger partial charge in [0.25, 0.3) is 5.91 Å². The molecule has 2 aromatic heterocycles. The lowest BCUT2D eigenvalue weighted by Gasteiger charge is -2.24. The number of benzene rings is 3. The number of fused-ring (bicyclic) bond motifs is 1. The van der Waals surface area contributed by atoms with Crippen LogP contribution in [0.3, 0.4) is 0 Å². The molecule has 16 nitrogen and oxygen atoms in total. The van der Waals surface area contributed by atoms with Gasteiger partial charge in [-0.15, -0.1) is 0 Å². The summed E-state index contributed by atoms with van der Waals surface area (Å²) >= 11 is 0. The second kappa shape index (κ2) is 15.5. The minimum Gasteiger partial charge on any atom is -0.508 e. The molecule has 6 atom stereocenters. The maximum atomic E-state index is 12.9. The molecular formula is C40H44N10O6. The Balaban J connectivity index is 1.08. The Bertz CT molecular complexity index is 2180. The van der Waals surface area contributed by atoms with Crippen molar-refractivity contribution < 1.29 is 29.7 Å². The number of anilines is 2. The largest absolute Gasteiger partial charge is 0.508 e. The molecule has 4 heterocycles. The summed E-state index contributed by atoms with van der Waals surface area (Å²) in [7, 11) is 0. The number of aliphatic hydroxyl groups excluding tert-OH is 2. The predicted molar refractivity (Wildman–Crippen MR) is 207 cm³/mol. The van der Waals surface area contributed by atoms with Crippen LogP contribution in [0.1, 0.15) is 48.4 Å². The Labute approximate surface area is 322 Å². The van der Waals surface area contributed by atoms with E-state index in [2.05, 4.69) is 45.5 Å². The average molecular weight is 761 g/mol. The molecule has 1 saturated carbocycles. The molecular weight excluding hydrogens is 717 g/mol. The van der Waals surface area contributed by atoms with Gasteiger partial charge in [0.2, 0.25) is 5.95 Å². The first-order valence-electron chi connectivity index (χ1n) is 18.8. The lowest BCUT2D eigenvalue weighted by molar-refractivity contribution is -0.130. The zero-order valence-electron chi connectivity index (χ0n) is 30.7. The fraction of sp³-hybridized carbons (Fsp3) is 0.350. The van der Waals surface area contributed by atoms with E-state index in [4.69, 9.17) is 15.0 Å². The molecule has 3 fully saturated rings. The van der Waals surface area contributed by atoms with E-state index in [1.165, 1.54) is 0 Å². The molecule has 5 amide bonds. The topological polar surface area (TPSA) is 210 Å². The summed E-state index contributed by atoms with van der Waals surface area (Å²) in [4.78, 5) is 56.1. The maximum absolute atomic E-state index is 12.9. The Morgan fingerprint density at radius 1 is 0.946 bits per heavy atom. The van der Waals surface area contributed by atoms with E-state index in [-0.39, 0.29) is 36.7 Å². The molecule has 0 bridgehead atoms. The van der Waals surface area contributed by atoms with Gasteiger partial charge in [-0.2, -0.15) is 9.97 Å². The summed E-state index contributed by atoms with van der Waals surface area (Å²) < 4.78 is 1.69. The molecule has 2 aliphatic heterocycles. The number of phenolic OH excluding ortho intramolecular Hbond substituents is 1. The van der Waals surface area contributed by atoms with Crippen molar-refractivity contribution >= 4 is 40.9 Å². The van der Waals surface area contributed by atoms with E-state index in [9.17, 15) is 29.7 Å². The summed E-state index contributed by atoms with van der Waals surface area (Å²) in [5.41, 5.74) is 3.84. The van der Waals surface area contributed by atoms with Gasteiger partial charge in [0.1, 0.15) is 24.0 Å². The van der Waals surface area contributed by atoms with E-state index in [0.29, 0.717) is 49.0 Å². The van der Waals surface area contributed by atoms with Gasteiger partial charge in [0.05, 0.1) is 18.4 Å². The van der Waals surface area contributed by atoms with E-state index in [1.54, 1.807) is 36.0 Å². The SMILES string of the molecule is C[C@@H]1NC(=O)N([C@H]2C[C@@H](n3cnc4c(NCC(c5ccccc5)c5ccccc5)nc(N5CC[C@@H](NC(=O)NCc6cccc(O)c6)C5)nc43)[C@H](O)[C@@H]2O)C1=O. The van der Waals surface area contributed by atoms with Crippen LogP contribution in [0.2, 0.25) is 0 Å². The predicted octanol–water partition coefficient (Wildman–Crippen LogP) is 2.83. The summed E-state index contributed by atoms with van der Waals surface area (Å²) in [6, 6.07) is 23.4. The van der Waals surface area contributed by atoms with Gasteiger partial charge >= 0.3 is 12.1 Å². The van der Waals surface area contributed by atoms with Crippen LogP contribution in [0.25, 0.3) is 11.2 Å². The van der Waals surface area contributed by atoms with Crippen molar-refractivity contribution in [1.82, 2.24) is 40.4 Å². The molecule has 3 aromatic carbocycles. The lowest BCUT2D eigenvalue weighted by Crippen LogP contribution is -2.47. The third-order valence-electron chi connectivity index (χ3n) is 10.9. The number of rotatable bonds is 11. The summed E-state index contributed by atoms with van der Waals surface area (Å²) in [6.45, 7) is 3.26. The van der Waals surface area contributed by atoms with Crippen LogP contribution < -0.4 is 26.2 Å². The Hall–Kier alpha value is -6.26. The number of urea groups is 2. The molecule has 56 heavy (non-hydrogen) atoms. The molecule has 0 unspecified atom stereocenters. The summed E-state index contributed by atoms with van der Waals surface area (Å²) in [5, 5.41) is 44.3. The number of phenols is 1. The van der Waals surface area contributed by atoms with E-state index in [1.807, 2.05) is 47.4 Å². The smallest absolute Gasteiger partial charge is 0.325 e. The van der Waals surface area contributed by atoms with E-state index >= 15 is 0 Å². The van der Waals surface area contributed by atoms with Crippen molar-refractivity contribution in [3.63, 3.8) is 0 Å². The number of imidazole rings is 1. The third-order valence-corrected chi connectivity index (χ3v) is 10.9. The third kappa shape index (κ3) is 7.27. The van der Waals surface area contributed by atoms with Gasteiger partial charge in [-0.05, 0) is 48.6 Å². The van der Waals surface area contributed by atoms with Crippen LogP contribution in [0, 0.1) is 0 Å². The summed E-state index contributed by atoms with van der Waals surface area (Å²) in [5.74, 6) is 0.477. The number of hydrogen-bond donors (Lipinski definition) is 7. The number of aromatic nitrogens is 4. The molecule has 16 heteroatoms. The molecule has 0 radical (unpaired) electrons. The van der Waals surface area contributed by atoms with Gasteiger partial charge in [0, 0.05) is 38.1 Å². The lowest BCUT2D eigenvalue weighted by atomic mass is 9.91. The van der Waals surface area contributed by atoms with Crippen LogP contribution in [-0.4, -0.2) is 108 Å².